The van der Waals surface area contributed by atoms with Crippen LogP contribution in [0, 0.1) is 10.1 Å². The van der Waals surface area contributed by atoms with Crippen LogP contribution in [-0.2, 0) is 38.7 Å². The fraction of sp³-hybridized carbons (Fsp3) is 0.379. The van der Waals surface area contributed by atoms with E-state index in [0.29, 0.717) is 24.5 Å². The monoisotopic (exact) mass is 640 g/mol. The number of imidazole rings is 1. The van der Waals surface area contributed by atoms with Crippen molar-refractivity contribution in [2.45, 2.75) is 58.7 Å². The van der Waals surface area contributed by atoms with Crippen molar-refractivity contribution in [3.05, 3.63) is 80.9 Å². The maximum atomic E-state index is 12.7. The number of nitrogens with one attached hydrogen (secondary N) is 2. The molecule has 0 spiro atoms. The van der Waals surface area contributed by atoms with E-state index in [0.717, 1.165) is 40.9 Å². The Kier molecular flexibility index (Phi) is 11.8. The number of amides is 1. The molecule has 45 heavy (non-hydrogen) atoms. The van der Waals surface area contributed by atoms with E-state index in [1.54, 1.807) is 6.92 Å². The number of unbranched alkanes of at least 4 members (excludes halogenated alkanes) is 1. The van der Waals surface area contributed by atoms with Crippen LogP contribution in [0.4, 0.5) is 4.79 Å². The number of nitrogens with zero attached hydrogens (tertiary/aromatic N) is 6. The average Bonchev–Trinajstić information content (AvgIpc) is 3.67. The van der Waals surface area contributed by atoms with Gasteiger partial charge in [-0.05, 0) is 35.2 Å². The van der Waals surface area contributed by atoms with E-state index in [-0.39, 0.29) is 24.8 Å². The lowest BCUT2D eigenvalue weighted by Crippen LogP contribution is -2.43. The third-order valence-corrected chi connectivity index (χ3v) is 7.08. The molecule has 1 unspecified atom stereocenters. The minimum absolute atomic E-state index is 0.0593. The number of hydrogen-bond acceptors (Lipinski definition) is 11. The second-order valence-corrected chi connectivity index (χ2v) is 10.2. The summed E-state index contributed by atoms with van der Waals surface area (Å²) in [6, 6.07) is 14.6. The maximum Gasteiger partial charge on any atom is 0.408 e. The van der Waals surface area contributed by atoms with E-state index < -0.39 is 29.8 Å². The summed E-state index contributed by atoms with van der Waals surface area (Å²) in [4.78, 5) is 44.2. The minimum atomic E-state index is -1.21. The van der Waals surface area contributed by atoms with Crippen LogP contribution in [0.2, 0.25) is 5.15 Å². The molecule has 2 N–H and O–H groups in total. The van der Waals surface area contributed by atoms with Crippen LogP contribution in [-0.4, -0.2) is 66.6 Å². The van der Waals surface area contributed by atoms with E-state index in [4.69, 9.17) is 21.1 Å². The molecule has 0 aliphatic carbocycles. The number of ether oxygens (including phenoxy) is 2. The van der Waals surface area contributed by atoms with Crippen LogP contribution in [0.5, 0.6) is 0 Å². The Morgan fingerprint density at radius 2 is 1.87 bits per heavy atom. The molecule has 0 fully saturated rings. The topological polar surface area (TPSA) is 189 Å². The highest BCUT2D eigenvalue weighted by atomic mass is 35.5. The van der Waals surface area contributed by atoms with Gasteiger partial charge in [0.1, 0.15) is 18.5 Å². The van der Waals surface area contributed by atoms with Gasteiger partial charge < -0.3 is 24.2 Å². The van der Waals surface area contributed by atoms with Crippen molar-refractivity contribution in [2.75, 3.05) is 13.2 Å². The number of tetrazole rings is 1. The molecule has 238 valence electrons. The first-order chi connectivity index (χ1) is 21.8. The molecular formula is C29H33ClN8O7. The van der Waals surface area contributed by atoms with Crippen LogP contribution in [0.15, 0.2) is 48.5 Å². The first kappa shape index (κ1) is 32.9. The summed E-state index contributed by atoms with van der Waals surface area (Å²) in [7, 11) is 0. The lowest BCUT2D eigenvalue weighted by atomic mass is 9.98. The first-order valence-corrected chi connectivity index (χ1v) is 14.7. The molecule has 15 nitrogen and oxygen atoms in total. The van der Waals surface area contributed by atoms with Gasteiger partial charge in [-0.3, -0.25) is 0 Å². The van der Waals surface area contributed by atoms with Crippen molar-refractivity contribution in [2.24, 2.45) is 0 Å². The minimum Gasteiger partial charge on any atom is -0.464 e. The van der Waals surface area contributed by atoms with Gasteiger partial charge in [0.25, 0.3) is 5.09 Å². The highest BCUT2D eigenvalue weighted by Gasteiger charge is 2.24. The Labute approximate surface area is 263 Å². The summed E-state index contributed by atoms with van der Waals surface area (Å²) < 4.78 is 12.3. The van der Waals surface area contributed by atoms with E-state index in [1.165, 1.54) is 0 Å². The molecular weight excluding hydrogens is 608 g/mol. The molecule has 16 heteroatoms. The van der Waals surface area contributed by atoms with Crippen LogP contribution in [0.25, 0.3) is 22.5 Å². The molecule has 2 aromatic heterocycles. The number of carbonyl (C=O) groups is 2. The molecule has 0 radical (unpaired) electrons. The number of aryl methyl sites for hydroxylation is 1. The quantitative estimate of drug-likeness (QED) is 0.0994. The van der Waals surface area contributed by atoms with E-state index in [1.807, 2.05) is 53.1 Å². The molecule has 0 saturated heterocycles. The molecule has 0 saturated carbocycles. The van der Waals surface area contributed by atoms with Gasteiger partial charge in [-0.15, -0.1) is 20.3 Å². The molecule has 0 aliphatic heterocycles. The lowest BCUT2D eigenvalue weighted by Gasteiger charge is -2.17. The Morgan fingerprint density at radius 1 is 1.11 bits per heavy atom. The zero-order chi connectivity index (χ0) is 32.2. The van der Waals surface area contributed by atoms with Crippen LogP contribution < -0.4 is 5.32 Å². The van der Waals surface area contributed by atoms with Crippen molar-refractivity contribution in [3.63, 3.8) is 0 Å². The number of alkyl carbamates (subject to hydrolysis) is 1. The van der Waals surface area contributed by atoms with Gasteiger partial charge in [-0.25, -0.2) is 14.6 Å². The normalized spacial score (nSPS) is 11.5. The van der Waals surface area contributed by atoms with Gasteiger partial charge >= 0.3 is 12.1 Å². The number of rotatable bonds is 16. The van der Waals surface area contributed by atoms with Crippen molar-refractivity contribution in [3.8, 4) is 22.5 Å². The van der Waals surface area contributed by atoms with Gasteiger partial charge in [0.2, 0.25) is 5.82 Å². The van der Waals surface area contributed by atoms with E-state index >= 15 is 0 Å². The smallest absolute Gasteiger partial charge is 0.408 e. The largest absolute Gasteiger partial charge is 0.464 e. The Morgan fingerprint density at radius 3 is 2.53 bits per heavy atom. The number of carbonyl (C=O) groups excluding carboxylic acids is 2. The summed E-state index contributed by atoms with van der Waals surface area (Å²) in [5.74, 6) is 0.471. The van der Waals surface area contributed by atoms with Gasteiger partial charge in [0.05, 0.1) is 18.9 Å². The van der Waals surface area contributed by atoms with Gasteiger partial charge in [-0.1, -0.05) is 73.5 Å². The average molecular weight is 641 g/mol. The number of esters is 1. The second-order valence-electron chi connectivity index (χ2n) is 9.80. The molecule has 0 aliphatic rings. The molecule has 1 atom stereocenters. The van der Waals surface area contributed by atoms with Crippen LogP contribution >= 0.6 is 11.6 Å². The number of aromatic nitrogens is 6. The number of benzene rings is 2. The van der Waals surface area contributed by atoms with E-state index in [2.05, 4.69) is 42.7 Å². The third-order valence-electron chi connectivity index (χ3n) is 6.78. The van der Waals surface area contributed by atoms with Crippen LogP contribution in [0.3, 0.4) is 0 Å². The molecule has 1 amide bonds. The predicted octanol–water partition coefficient (Wildman–Crippen LogP) is 4.53. The number of H-pyrrole nitrogens is 1. The molecule has 4 aromatic rings. The zero-order valence-corrected chi connectivity index (χ0v) is 25.5. The SMILES string of the molecule is CCCCc1nc(Cl)c(COC(=O)NC(CCO[N+](=O)[O-])C(=O)OCC)n1Cc1ccc(-c2ccccc2-c2nn[nH]n2)cc1. The highest BCUT2D eigenvalue weighted by molar-refractivity contribution is 6.30. The van der Waals surface area contributed by atoms with Gasteiger partial charge in [0.15, 0.2) is 5.15 Å². The molecule has 0 bridgehead atoms. The fourth-order valence-electron chi connectivity index (χ4n) is 4.59. The third kappa shape index (κ3) is 8.98. The van der Waals surface area contributed by atoms with Crippen molar-refractivity contribution < 1.29 is 29.0 Å². The van der Waals surface area contributed by atoms with Crippen LogP contribution in [0.1, 0.15) is 50.2 Å². The highest BCUT2D eigenvalue weighted by Crippen LogP contribution is 2.30. The first-order valence-electron chi connectivity index (χ1n) is 14.3. The second kappa shape index (κ2) is 16.1. The van der Waals surface area contributed by atoms with E-state index in [9.17, 15) is 19.7 Å². The van der Waals surface area contributed by atoms with Gasteiger partial charge in [-0.2, -0.15) is 5.21 Å². The Balaban J connectivity index is 1.50. The summed E-state index contributed by atoms with van der Waals surface area (Å²) in [6.07, 6.45) is 1.37. The van der Waals surface area contributed by atoms with Crippen molar-refractivity contribution >= 4 is 23.7 Å². The lowest BCUT2D eigenvalue weighted by molar-refractivity contribution is -0.757. The predicted molar refractivity (Wildman–Crippen MR) is 161 cm³/mol. The standard InChI is InChI=1S/C29H33ClN8O7/c1-3-5-10-25-32-26(30)24(18-44-29(40)31-23(28(39)43-4-2)15-16-45-38(41)42)37(25)17-19-11-13-20(14-12-19)21-8-6-7-9-22(21)27-33-35-36-34-27/h6-9,11-14,23H,3-5,10,15-18H2,1-2H3,(H,31,40)(H,33,34,35,36). The fourth-order valence-corrected chi connectivity index (χ4v) is 4.84. The van der Waals surface area contributed by atoms with Crippen molar-refractivity contribution in [1.29, 1.82) is 0 Å². The Hall–Kier alpha value is -5.05. The number of halogens is 1. The summed E-state index contributed by atoms with van der Waals surface area (Å²) in [5, 5.41) is 26.5. The zero-order valence-electron chi connectivity index (χ0n) is 24.8. The maximum absolute atomic E-state index is 12.7. The number of hydrogen-bond donors (Lipinski definition) is 2. The molecule has 4 rings (SSSR count). The summed E-state index contributed by atoms with van der Waals surface area (Å²) in [5.41, 5.74) is 4.20. The molecule has 2 aromatic carbocycles. The Bertz CT molecular complexity index is 1580. The summed E-state index contributed by atoms with van der Waals surface area (Å²) >= 11 is 6.53. The van der Waals surface area contributed by atoms with Crippen molar-refractivity contribution in [1.82, 2.24) is 35.5 Å². The molecule has 2 heterocycles. The summed E-state index contributed by atoms with van der Waals surface area (Å²) in [6.45, 7) is 3.49. The number of aromatic amines is 1. The van der Waals surface area contributed by atoms with Gasteiger partial charge in [0, 0.05) is 24.9 Å².